The zero-order valence-electron chi connectivity index (χ0n) is 10.3. The Labute approximate surface area is 113 Å². The monoisotopic (exact) mass is 274 g/mol. The SMILES string of the molecule is CCCCNC(=S)NCc1c(Cl)cnn1CC. The molecule has 0 amide bonds. The highest BCUT2D eigenvalue weighted by molar-refractivity contribution is 7.80. The van der Waals surface area contributed by atoms with Crippen molar-refractivity contribution < 1.29 is 0 Å². The Balaban J connectivity index is 2.39. The quantitative estimate of drug-likeness (QED) is 0.617. The van der Waals surface area contributed by atoms with Gasteiger partial charge in [-0.1, -0.05) is 24.9 Å². The Bertz CT molecular complexity index is 364. The highest BCUT2D eigenvalue weighted by atomic mass is 35.5. The molecule has 1 aromatic rings. The number of nitrogens with one attached hydrogen (secondary N) is 2. The summed E-state index contributed by atoms with van der Waals surface area (Å²) in [7, 11) is 0. The number of halogens is 1. The van der Waals surface area contributed by atoms with E-state index in [9.17, 15) is 0 Å². The molecular weight excluding hydrogens is 256 g/mol. The van der Waals surface area contributed by atoms with Crippen molar-refractivity contribution in [3.05, 3.63) is 16.9 Å². The normalized spacial score (nSPS) is 10.3. The average molecular weight is 275 g/mol. The minimum atomic E-state index is 0.602. The third kappa shape index (κ3) is 4.52. The van der Waals surface area contributed by atoms with Gasteiger partial charge in [-0.05, 0) is 25.6 Å². The van der Waals surface area contributed by atoms with Crippen LogP contribution < -0.4 is 10.6 Å². The molecule has 0 radical (unpaired) electrons. The summed E-state index contributed by atoms with van der Waals surface area (Å²) in [6.45, 7) is 6.50. The van der Waals surface area contributed by atoms with Crippen molar-refractivity contribution in [3.8, 4) is 0 Å². The van der Waals surface area contributed by atoms with Gasteiger partial charge in [0.15, 0.2) is 5.11 Å². The highest BCUT2D eigenvalue weighted by Gasteiger charge is 2.07. The molecule has 2 N–H and O–H groups in total. The first-order valence-electron chi connectivity index (χ1n) is 5.90. The molecule has 0 aromatic carbocycles. The highest BCUT2D eigenvalue weighted by Crippen LogP contribution is 2.14. The van der Waals surface area contributed by atoms with E-state index in [2.05, 4.69) is 22.7 Å². The van der Waals surface area contributed by atoms with Crippen molar-refractivity contribution in [1.29, 1.82) is 0 Å². The zero-order valence-corrected chi connectivity index (χ0v) is 11.9. The molecule has 0 bridgehead atoms. The van der Waals surface area contributed by atoms with Crippen LogP contribution in [0.3, 0.4) is 0 Å². The first-order valence-corrected chi connectivity index (χ1v) is 6.69. The lowest BCUT2D eigenvalue weighted by molar-refractivity contribution is 0.611. The maximum Gasteiger partial charge on any atom is 0.166 e. The summed E-state index contributed by atoms with van der Waals surface area (Å²) in [4.78, 5) is 0. The van der Waals surface area contributed by atoms with Crippen molar-refractivity contribution >= 4 is 28.9 Å². The predicted octanol–water partition coefficient (Wildman–Crippen LogP) is 2.32. The summed E-state index contributed by atoms with van der Waals surface area (Å²) in [5, 5.41) is 11.8. The molecule has 1 aromatic heterocycles. The van der Waals surface area contributed by atoms with Crippen LogP contribution in [0, 0.1) is 0 Å². The fourth-order valence-electron chi connectivity index (χ4n) is 1.44. The van der Waals surface area contributed by atoms with Gasteiger partial charge in [0.25, 0.3) is 0 Å². The van der Waals surface area contributed by atoms with E-state index < -0.39 is 0 Å². The standard InChI is InChI=1S/C11H19ClN4S/c1-3-5-6-13-11(17)14-8-10-9(12)7-15-16(10)4-2/h7H,3-6,8H2,1-2H3,(H2,13,14,17). The number of thiocarbonyl (C=S) groups is 1. The zero-order chi connectivity index (χ0) is 12.7. The summed E-state index contributed by atoms with van der Waals surface area (Å²) in [6.07, 6.45) is 3.94. The Morgan fingerprint density at radius 2 is 2.24 bits per heavy atom. The van der Waals surface area contributed by atoms with E-state index in [1.165, 1.54) is 0 Å². The van der Waals surface area contributed by atoms with Crippen molar-refractivity contribution in [2.75, 3.05) is 6.54 Å². The fraction of sp³-hybridized carbons (Fsp3) is 0.636. The molecule has 0 saturated carbocycles. The van der Waals surface area contributed by atoms with E-state index in [1.54, 1.807) is 6.20 Å². The van der Waals surface area contributed by atoms with Gasteiger partial charge in [0.1, 0.15) is 0 Å². The van der Waals surface area contributed by atoms with Gasteiger partial charge in [-0.25, -0.2) is 0 Å². The minimum Gasteiger partial charge on any atom is -0.363 e. The Morgan fingerprint density at radius 3 is 2.88 bits per heavy atom. The van der Waals surface area contributed by atoms with Gasteiger partial charge < -0.3 is 10.6 Å². The molecular formula is C11H19ClN4S. The van der Waals surface area contributed by atoms with Crippen molar-refractivity contribution in [3.63, 3.8) is 0 Å². The largest absolute Gasteiger partial charge is 0.363 e. The third-order valence-electron chi connectivity index (χ3n) is 2.43. The molecule has 4 nitrogen and oxygen atoms in total. The number of hydrogen-bond acceptors (Lipinski definition) is 2. The van der Waals surface area contributed by atoms with Gasteiger partial charge in [-0.2, -0.15) is 5.10 Å². The lowest BCUT2D eigenvalue weighted by Gasteiger charge is -2.11. The molecule has 0 fully saturated rings. The number of aryl methyl sites for hydroxylation is 1. The van der Waals surface area contributed by atoms with Crippen LogP contribution in [-0.2, 0) is 13.1 Å². The van der Waals surface area contributed by atoms with E-state index in [0.717, 1.165) is 31.6 Å². The van der Waals surface area contributed by atoms with Crippen LogP contribution in [0.1, 0.15) is 32.4 Å². The lowest BCUT2D eigenvalue weighted by Crippen LogP contribution is -2.35. The van der Waals surface area contributed by atoms with Crippen LogP contribution in [0.2, 0.25) is 5.02 Å². The van der Waals surface area contributed by atoms with Crippen LogP contribution >= 0.6 is 23.8 Å². The van der Waals surface area contributed by atoms with Gasteiger partial charge in [-0.3, -0.25) is 4.68 Å². The minimum absolute atomic E-state index is 0.602. The molecule has 0 aliphatic rings. The molecule has 0 atom stereocenters. The van der Waals surface area contributed by atoms with E-state index in [4.69, 9.17) is 23.8 Å². The van der Waals surface area contributed by atoms with Gasteiger partial charge in [0.05, 0.1) is 23.5 Å². The Morgan fingerprint density at radius 1 is 1.47 bits per heavy atom. The summed E-state index contributed by atoms with van der Waals surface area (Å²) in [5.41, 5.74) is 0.966. The summed E-state index contributed by atoms with van der Waals surface area (Å²) in [6, 6.07) is 0. The van der Waals surface area contributed by atoms with Crippen LogP contribution in [-0.4, -0.2) is 21.4 Å². The second-order valence-electron chi connectivity index (χ2n) is 3.72. The number of aromatic nitrogens is 2. The maximum atomic E-state index is 6.05. The second kappa shape index (κ2) is 7.50. The van der Waals surface area contributed by atoms with Crippen LogP contribution in [0.15, 0.2) is 6.20 Å². The Hall–Kier alpha value is -0.810. The second-order valence-corrected chi connectivity index (χ2v) is 4.53. The van der Waals surface area contributed by atoms with Gasteiger partial charge in [0, 0.05) is 13.1 Å². The fourth-order valence-corrected chi connectivity index (χ4v) is 1.82. The molecule has 0 aliphatic carbocycles. The number of hydrogen-bond donors (Lipinski definition) is 2. The number of nitrogens with zero attached hydrogens (tertiary/aromatic N) is 2. The van der Waals surface area contributed by atoms with E-state index in [1.807, 2.05) is 11.6 Å². The van der Waals surface area contributed by atoms with Crippen molar-refractivity contribution in [2.45, 2.75) is 39.8 Å². The molecule has 0 spiro atoms. The molecule has 0 unspecified atom stereocenters. The van der Waals surface area contributed by atoms with Gasteiger partial charge in [-0.15, -0.1) is 0 Å². The predicted molar refractivity (Wildman–Crippen MR) is 75.3 cm³/mol. The topological polar surface area (TPSA) is 41.9 Å². The van der Waals surface area contributed by atoms with Crippen LogP contribution in [0.4, 0.5) is 0 Å². The molecule has 17 heavy (non-hydrogen) atoms. The summed E-state index contributed by atoms with van der Waals surface area (Å²) >= 11 is 11.2. The maximum absolute atomic E-state index is 6.05. The average Bonchev–Trinajstić information content (AvgIpc) is 2.67. The van der Waals surface area contributed by atoms with Crippen LogP contribution in [0.5, 0.6) is 0 Å². The van der Waals surface area contributed by atoms with E-state index in [-0.39, 0.29) is 0 Å². The number of rotatable bonds is 6. The molecule has 96 valence electrons. The Kier molecular flexibility index (Phi) is 6.29. The summed E-state index contributed by atoms with van der Waals surface area (Å²) in [5.74, 6) is 0. The molecule has 0 aliphatic heterocycles. The smallest absolute Gasteiger partial charge is 0.166 e. The summed E-state index contributed by atoms with van der Waals surface area (Å²) < 4.78 is 1.87. The van der Waals surface area contributed by atoms with Gasteiger partial charge >= 0.3 is 0 Å². The van der Waals surface area contributed by atoms with E-state index >= 15 is 0 Å². The first kappa shape index (κ1) is 14.3. The molecule has 6 heteroatoms. The third-order valence-corrected chi connectivity index (χ3v) is 3.03. The molecule has 1 rings (SSSR count). The number of unbranched alkanes of at least 4 members (excludes halogenated alkanes) is 1. The molecule has 0 saturated heterocycles. The van der Waals surface area contributed by atoms with Gasteiger partial charge in [0.2, 0.25) is 0 Å². The lowest BCUT2D eigenvalue weighted by atomic mass is 10.3. The van der Waals surface area contributed by atoms with Crippen molar-refractivity contribution in [2.24, 2.45) is 0 Å². The first-order chi connectivity index (χ1) is 8.19. The molecule has 1 heterocycles. The van der Waals surface area contributed by atoms with Crippen molar-refractivity contribution in [1.82, 2.24) is 20.4 Å². The van der Waals surface area contributed by atoms with E-state index in [0.29, 0.717) is 16.7 Å². The van der Waals surface area contributed by atoms with Crippen LogP contribution in [0.25, 0.3) is 0 Å².